The van der Waals surface area contributed by atoms with Crippen molar-refractivity contribution in [3.8, 4) is 5.88 Å². The number of ether oxygens (including phenoxy) is 1. The van der Waals surface area contributed by atoms with Gasteiger partial charge >= 0.3 is 5.97 Å². The Hall–Kier alpha value is -1.85. The predicted molar refractivity (Wildman–Crippen MR) is 63.1 cm³/mol. The summed E-state index contributed by atoms with van der Waals surface area (Å²) in [6, 6.07) is 1.69. The molecular formula is C11H17N3O3. The van der Waals surface area contributed by atoms with Crippen LogP contribution in [0.2, 0.25) is 0 Å². The number of carbonyl (C=O) groups is 1. The molecule has 0 aliphatic carbocycles. The van der Waals surface area contributed by atoms with Gasteiger partial charge in [-0.25, -0.2) is 9.97 Å². The van der Waals surface area contributed by atoms with E-state index in [0.29, 0.717) is 24.8 Å². The number of nitrogens with zero attached hydrogens (tertiary/aromatic N) is 2. The van der Waals surface area contributed by atoms with Crippen LogP contribution in [-0.4, -0.2) is 34.2 Å². The smallest absolute Gasteiger partial charge is 0.303 e. The molecule has 1 atom stereocenters. The van der Waals surface area contributed by atoms with Gasteiger partial charge in [0.05, 0.1) is 6.61 Å². The molecule has 0 aliphatic rings. The van der Waals surface area contributed by atoms with E-state index in [1.165, 1.54) is 6.33 Å². The number of carboxylic acids is 1. The summed E-state index contributed by atoms with van der Waals surface area (Å²) in [5.74, 6) is 0.395. The van der Waals surface area contributed by atoms with Gasteiger partial charge in [0, 0.05) is 19.0 Å². The summed E-state index contributed by atoms with van der Waals surface area (Å²) in [6.07, 6.45) is 1.55. The van der Waals surface area contributed by atoms with E-state index in [0.717, 1.165) is 0 Å². The third-order valence-corrected chi connectivity index (χ3v) is 2.09. The molecule has 2 N–H and O–H groups in total. The molecule has 17 heavy (non-hydrogen) atoms. The van der Waals surface area contributed by atoms with Crippen molar-refractivity contribution in [2.45, 2.75) is 20.3 Å². The Kier molecular flexibility index (Phi) is 5.19. The zero-order chi connectivity index (χ0) is 12.7. The zero-order valence-electron chi connectivity index (χ0n) is 10.0. The summed E-state index contributed by atoms with van der Waals surface area (Å²) >= 11 is 0. The van der Waals surface area contributed by atoms with Crippen molar-refractivity contribution in [2.75, 3.05) is 18.5 Å². The van der Waals surface area contributed by atoms with Gasteiger partial charge in [0.15, 0.2) is 0 Å². The highest BCUT2D eigenvalue weighted by atomic mass is 16.5. The first-order chi connectivity index (χ1) is 8.11. The van der Waals surface area contributed by atoms with Crippen LogP contribution < -0.4 is 10.1 Å². The Labute approximate surface area is 100 Å². The first-order valence-electron chi connectivity index (χ1n) is 5.52. The largest absolute Gasteiger partial charge is 0.481 e. The van der Waals surface area contributed by atoms with Crippen molar-refractivity contribution >= 4 is 11.8 Å². The minimum Gasteiger partial charge on any atom is -0.481 e. The summed E-state index contributed by atoms with van der Waals surface area (Å²) in [5, 5.41) is 11.7. The van der Waals surface area contributed by atoms with Crippen LogP contribution in [0.25, 0.3) is 0 Å². The van der Waals surface area contributed by atoms with Gasteiger partial charge in [-0.2, -0.15) is 0 Å². The Morgan fingerprint density at radius 1 is 1.59 bits per heavy atom. The van der Waals surface area contributed by atoms with Gasteiger partial charge in [-0.15, -0.1) is 0 Å². The molecule has 0 saturated carbocycles. The summed E-state index contributed by atoms with van der Waals surface area (Å²) < 4.78 is 5.23. The molecule has 6 nitrogen and oxygen atoms in total. The van der Waals surface area contributed by atoms with Crippen LogP contribution >= 0.6 is 0 Å². The van der Waals surface area contributed by atoms with Crippen molar-refractivity contribution < 1.29 is 14.6 Å². The lowest BCUT2D eigenvalue weighted by Gasteiger charge is -2.11. The predicted octanol–water partition coefficient (Wildman–Crippen LogP) is 1.40. The SMILES string of the molecule is CCOc1cc(NCC(C)CC(=O)O)ncn1. The molecule has 0 bridgehead atoms. The molecular weight excluding hydrogens is 222 g/mol. The van der Waals surface area contributed by atoms with E-state index in [2.05, 4.69) is 15.3 Å². The van der Waals surface area contributed by atoms with Gasteiger partial charge in [0.25, 0.3) is 0 Å². The number of hydrogen-bond acceptors (Lipinski definition) is 5. The molecule has 1 aromatic heterocycles. The Balaban J connectivity index is 2.45. The number of rotatable bonds is 7. The van der Waals surface area contributed by atoms with Crippen molar-refractivity contribution in [1.29, 1.82) is 0 Å². The Morgan fingerprint density at radius 2 is 2.35 bits per heavy atom. The second-order valence-electron chi connectivity index (χ2n) is 3.76. The van der Waals surface area contributed by atoms with Crippen LogP contribution in [0.1, 0.15) is 20.3 Å². The van der Waals surface area contributed by atoms with E-state index in [1.54, 1.807) is 6.07 Å². The number of aliphatic carboxylic acids is 1. The van der Waals surface area contributed by atoms with E-state index in [-0.39, 0.29) is 12.3 Å². The fourth-order valence-electron chi connectivity index (χ4n) is 1.31. The molecule has 0 radical (unpaired) electrons. The van der Waals surface area contributed by atoms with Crippen LogP contribution in [0.4, 0.5) is 5.82 Å². The summed E-state index contributed by atoms with van der Waals surface area (Å²) in [5.41, 5.74) is 0. The van der Waals surface area contributed by atoms with Crippen molar-refractivity contribution in [2.24, 2.45) is 5.92 Å². The van der Waals surface area contributed by atoms with Crippen LogP contribution in [0.5, 0.6) is 5.88 Å². The molecule has 0 amide bonds. The highest BCUT2D eigenvalue weighted by molar-refractivity contribution is 5.67. The number of nitrogens with one attached hydrogen (secondary N) is 1. The maximum absolute atomic E-state index is 10.5. The van der Waals surface area contributed by atoms with Crippen LogP contribution in [0.15, 0.2) is 12.4 Å². The number of aromatic nitrogens is 2. The standard InChI is InChI=1S/C11H17N3O3/c1-3-17-10-5-9(13-7-14-10)12-6-8(2)4-11(15)16/h5,7-8H,3-4,6H2,1-2H3,(H,15,16)(H,12,13,14). The molecule has 0 spiro atoms. The summed E-state index contributed by atoms with van der Waals surface area (Å²) in [4.78, 5) is 18.4. The average molecular weight is 239 g/mol. The average Bonchev–Trinajstić information content (AvgIpc) is 2.26. The van der Waals surface area contributed by atoms with Crippen molar-refractivity contribution in [1.82, 2.24) is 9.97 Å². The molecule has 1 aromatic rings. The second-order valence-corrected chi connectivity index (χ2v) is 3.76. The molecule has 0 aliphatic heterocycles. The molecule has 0 fully saturated rings. The van der Waals surface area contributed by atoms with Gasteiger partial charge in [-0.05, 0) is 12.8 Å². The topological polar surface area (TPSA) is 84.3 Å². The maximum Gasteiger partial charge on any atom is 0.303 e. The minimum atomic E-state index is -0.794. The van der Waals surface area contributed by atoms with Gasteiger partial charge in [-0.3, -0.25) is 4.79 Å². The first kappa shape index (κ1) is 13.2. The first-order valence-corrected chi connectivity index (χ1v) is 5.52. The summed E-state index contributed by atoms with van der Waals surface area (Å²) in [7, 11) is 0. The zero-order valence-corrected chi connectivity index (χ0v) is 10.0. The third-order valence-electron chi connectivity index (χ3n) is 2.09. The Bertz CT molecular complexity index is 371. The van der Waals surface area contributed by atoms with E-state index in [1.807, 2.05) is 13.8 Å². The lowest BCUT2D eigenvalue weighted by Crippen LogP contribution is -2.15. The molecule has 1 unspecified atom stereocenters. The van der Waals surface area contributed by atoms with Gasteiger partial charge in [0.1, 0.15) is 12.1 Å². The Morgan fingerprint density at radius 3 is 3.00 bits per heavy atom. The van der Waals surface area contributed by atoms with E-state index < -0.39 is 5.97 Å². The van der Waals surface area contributed by atoms with E-state index >= 15 is 0 Å². The van der Waals surface area contributed by atoms with Crippen LogP contribution in [-0.2, 0) is 4.79 Å². The maximum atomic E-state index is 10.5. The van der Waals surface area contributed by atoms with Gasteiger partial charge in [-0.1, -0.05) is 6.92 Å². The number of hydrogen-bond donors (Lipinski definition) is 2. The fourth-order valence-corrected chi connectivity index (χ4v) is 1.31. The van der Waals surface area contributed by atoms with Gasteiger partial charge < -0.3 is 15.2 Å². The highest BCUT2D eigenvalue weighted by Gasteiger charge is 2.07. The summed E-state index contributed by atoms with van der Waals surface area (Å²) in [6.45, 7) is 4.84. The van der Waals surface area contributed by atoms with Crippen molar-refractivity contribution in [3.63, 3.8) is 0 Å². The van der Waals surface area contributed by atoms with Crippen LogP contribution in [0.3, 0.4) is 0 Å². The third kappa shape index (κ3) is 5.14. The molecule has 6 heteroatoms. The normalized spacial score (nSPS) is 11.9. The highest BCUT2D eigenvalue weighted by Crippen LogP contribution is 2.12. The number of carboxylic acid groups (broad SMARTS) is 1. The van der Waals surface area contributed by atoms with E-state index in [4.69, 9.17) is 9.84 Å². The van der Waals surface area contributed by atoms with Crippen molar-refractivity contribution in [3.05, 3.63) is 12.4 Å². The molecule has 1 rings (SSSR count). The monoisotopic (exact) mass is 239 g/mol. The molecule has 0 aromatic carbocycles. The quantitative estimate of drug-likeness (QED) is 0.748. The lowest BCUT2D eigenvalue weighted by atomic mass is 10.1. The van der Waals surface area contributed by atoms with Crippen LogP contribution in [0, 0.1) is 5.92 Å². The molecule has 0 saturated heterocycles. The molecule has 1 heterocycles. The van der Waals surface area contributed by atoms with E-state index in [9.17, 15) is 4.79 Å². The van der Waals surface area contributed by atoms with Gasteiger partial charge in [0.2, 0.25) is 5.88 Å². The molecule has 94 valence electrons. The minimum absolute atomic E-state index is 0.0398. The lowest BCUT2D eigenvalue weighted by molar-refractivity contribution is -0.137. The number of anilines is 1. The second kappa shape index (κ2) is 6.67. The fraction of sp³-hybridized carbons (Fsp3) is 0.545.